The Hall–Kier alpha value is -1.59. The summed E-state index contributed by atoms with van der Waals surface area (Å²) in [5.41, 5.74) is 11.0. The van der Waals surface area contributed by atoms with Crippen molar-refractivity contribution in [2.45, 2.75) is 13.8 Å². The van der Waals surface area contributed by atoms with Gasteiger partial charge in [0, 0.05) is 10.2 Å². The van der Waals surface area contributed by atoms with E-state index in [-0.39, 0.29) is 0 Å². The third-order valence-corrected chi connectivity index (χ3v) is 4.55. The Balaban J connectivity index is 2.03. The van der Waals surface area contributed by atoms with Crippen LogP contribution in [0.2, 0.25) is 0 Å². The zero-order valence-corrected chi connectivity index (χ0v) is 13.6. The van der Waals surface area contributed by atoms with Crippen molar-refractivity contribution in [2.24, 2.45) is 0 Å². The number of anilines is 3. The normalized spacial score (nSPS) is 10.9. The minimum absolute atomic E-state index is 0.739. The number of aromatic nitrogens is 1. The fourth-order valence-electron chi connectivity index (χ4n) is 2.13. The second kappa shape index (κ2) is 5.07. The van der Waals surface area contributed by atoms with Gasteiger partial charge in [-0.25, -0.2) is 4.98 Å². The highest BCUT2D eigenvalue weighted by Crippen LogP contribution is 2.32. The van der Waals surface area contributed by atoms with Gasteiger partial charge < -0.3 is 11.1 Å². The molecular formula is C15H14BrN3S. The average molecular weight is 348 g/mol. The lowest BCUT2D eigenvalue weighted by Crippen LogP contribution is -1.97. The molecule has 1 heterocycles. The molecule has 0 amide bonds. The first kappa shape index (κ1) is 13.4. The van der Waals surface area contributed by atoms with E-state index in [9.17, 15) is 0 Å². The SMILES string of the molecule is Cc1nc2cc(Nc3ccc(Br)cc3C)c(N)cc2s1. The summed E-state index contributed by atoms with van der Waals surface area (Å²) >= 11 is 5.13. The quantitative estimate of drug-likeness (QED) is 0.641. The molecule has 3 N–H and O–H groups in total. The van der Waals surface area contributed by atoms with Gasteiger partial charge in [-0.15, -0.1) is 11.3 Å². The van der Waals surface area contributed by atoms with Crippen LogP contribution in [0.5, 0.6) is 0 Å². The molecule has 0 bridgehead atoms. The summed E-state index contributed by atoms with van der Waals surface area (Å²) in [5, 5.41) is 4.44. The van der Waals surface area contributed by atoms with Gasteiger partial charge in [0.2, 0.25) is 0 Å². The third-order valence-electron chi connectivity index (χ3n) is 3.12. The highest BCUT2D eigenvalue weighted by molar-refractivity contribution is 9.10. The lowest BCUT2D eigenvalue weighted by molar-refractivity contribution is 1.34. The molecule has 0 atom stereocenters. The van der Waals surface area contributed by atoms with Crippen LogP contribution in [0, 0.1) is 13.8 Å². The van der Waals surface area contributed by atoms with Gasteiger partial charge >= 0.3 is 0 Å². The lowest BCUT2D eigenvalue weighted by Gasteiger charge is -2.12. The monoisotopic (exact) mass is 347 g/mol. The number of nitrogen functional groups attached to an aromatic ring is 1. The van der Waals surface area contributed by atoms with Crippen molar-refractivity contribution >= 4 is 54.5 Å². The highest BCUT2D eigenvalue weighted by Gasteiger charge is 2.07. The molecule has 3 nitrogen and oxygen atoms in total. The smallest absolute Gasteiger partial charge is 0.0907 e. The first-order valence-corrected chi connectivity index (χ1v) is 7.84. The van der Waals surface area contributed by atoms with E-state index in [1.165, 1.54) is 0 Å². The number of aryl methyl sites for hydroxylation is 2. The predicted molar refractivity (Wildman–Crippen MR) is 90.9 cm³/mol. The van der Waals surface area contributed by atoms with E-state index in [0.29, 0.717) is 0 Å². The Morgan fingerprint density at radius 3 is 2.70 bits per heavy atom. The second-order valence-corrected chi connectivity index (χ2v) is 6.87. The largest absolute Gasteiger partial charge is 0.397 e. The molecule has 102 valence electrons. The van der Waals surface area contributed by atoms with E-state index in [4.69, 9.17) is 5.73 Å². The molecule has 0 aliphatic rings. The van der Waals surface area contributed by atoms with Crippen molar-refractivity contribution < 1.29 is 0 Å². The minimum atomic E-state index is 0.739. The molecule has 0 radical (unpaired) electrons. The predicted octanol–water partition coefficient (Wildman–Crippen LogP) is 5.00. The summed E-state index contributed by atoms with van der Waals surface area (Å²) in [5.74, 6) is 0. The van der Waals surface area contributed by atoms with Crippen molar-refractivity contribution in [1.82, 2.24) is 4.98 Å². The van der Waals surface area contributed by atoms with Crippen molar-refractivity contribution in [3.05, 3.63) is 45.4 Å². The van der Waals surface area contributed by atoms with Gasteiger partial charge in [-0.05, 0) is 49.7 Å². The summed E-state index contributed by atoms with van der Waals surface area (Å²) in [7, 11) is 0. The number of halogens is 1. The topological polar surface area (TPSA) is 50.9 Å². The Morgan fingerprint density at radius 2 is 1.95 bits per heavy atom. The van der Waals surface area contributed by atoms with E-state index < -0.39 is 0 Å². The highest BCUT2D eigenvalue weighted by atomic mass is 79.9. The van der Waals surface area contributed by atoms with Gasteiger partial charge in [0.1, 0.15) is 0 Å². The van der Waals surface area contributed by atoms with E-state index >= 15 is 0 Å². The molecule has 0 saturated heterocycles. The van der Waals surface area contributed by atoms with Gasteiger partial charge in [0.05, 0.1) is 26.6 Å². The third kappa shape index (κ3) is 2.51. The number of fused-ring (bicyclic) bond motifs is 1. The Labute approximate surface area is 130 Å². The van der Waals surface area contributed by atoms with Crippen LogP contribution in [-0.4, -0.2) is 4.98 Å². The van der Waals surface area contributed by atoms with Crippen molar-refractivity contribution in [3.63, 3.8) is 0 Å². The van der Waals surface area contributed by atoms with E-state index in [0.717, 1.165) is 42.3 Å². The maximum absolute atomic E-state index is 6.13. The number of hydrogen-bond acceptors (Lipinski definition) is 4. The van der Waals surface area contributed by atoms with Gasteiger partial charge in [0.15, 0.2) is 0 Å². The molecule has 1 aromatic heterocycles. The van der Waals surface area contributed by atoms with Gasteiger partial charge in [-0.1, -0.05) is 15.9 Å². The summed E-state index contributed by atoms with van der Waals surface area (Å²) < 4.78 is 2.19. The molecule has 20 heavy (non-hydrogen) atoms. The number of nitrogens with two attached hydrogens (primary N) is 1. The number of nitrogens with zero attached hydrogens (tertiary/aromatic N) is 1. The Kier molecular flexibility index (Phi) is 3.40. The van der Waals surface area contributed by atoms with Gasteiger partial charge in [0.25, 0.3) is 0 Å². The van der Waals surface area contributed by atoms with E-state index in [1.54, 1.807) is 11.3 Å². The van der Waals surface area contributed by atoms with Crippen LogP contribution in [0.4, 0.5) is 17.1 Å². The number of nitrogens with one attached hydrogen (secondary N) is 1. The zero-order valence-electron chi connectivity index (χ0n) is 11.2. The number of thiazole rings is 1. The van der Waals surface area contributed by atoms with Crippen LogP contribution in [0.25, 0.3) is 10.2 Å². The first-order chi connectivity index (χ1) is 9.52. The fraction of sp³-hybridized carbons (Fsp3) is 0.133. The standard InChI is InChI=1S/C15H14BrN3S/c1-8-5-10(16)3-4-12(8)19-13-7-14-15(6-11(13)17)20-9(2)18-14/h3-7,19H,17H2,1-2H3. The summed E-state index contributed by atoms with van der Waals surface area (Å²) in [6, 6.07) is 10.1. The summed E-state index contributed by atoms with van der Waals surface area (Å²) in [4.78, 5) is 4.51. The van der Waals surface area contributed by atoms with Crippen LogP contribution >= 0.6 is 27.3 Å². The van der Waals surface area contributed by atoms with Crippen molar-refractivity contribution in [2.75, 3.05) is 11.1 Å². The van der Waals surface area contributed by atoms with Gasteiger partial charge in [-0.2, -0.15) is 0 Å². The van der Waals surface area contributed by atoms with Crippen molar-refractivity contribution in [1.29, 1.82) is 0 Å². The summed E-state index contributed by atoms with van der Waals surface area (Å²) in [6.45, 7) is 4.07. The molecule has 0 saturated carbocycles. The molecule has 3 aromatic rings. The molecule has 0 aliphatic carbocycles. The van der Waals surface area contributed by atoms with E-state index in [1.807, 2.05) is 31.2 Å². The van der Waals surface area contributed by atoms with Crippen LogP contribution in [0.3, 0.4) is 0 Å². The molecule has 5 heteroatoms. The van der Waals surface area contributed by atoms with Crippen LogP contribution in [0.15, 0.2) is 34.8 Å². The number of rotatable bonds is 2. The second-order valence-electron chi connectivity index (χ2n) is 4.72. The average Bonchev–Trinajstić information content (AvgIpc) is 2.72. The number of hydrogen-bond donors (Lipinski definition) is 2. The fourth-order valence-corrected chi connectivity index (χ4v) is 3.46. The maximum atomic E-state index is 6.13. The first-order valence-electron chi connectivity index (χ1n) is 6.23. The minimum Gasteiger partial charge on any atom is -0.397 e. The molecule has 0 spiro atoms. The van der Waals surface area contributed by atoms with Gasteiger partial charge in [-0.3, -0.25) is 0 Å². The van der Waals surface area contributed by atoms with Crippen molar-refractivity contribution in [3.8, 4) is 0 Å². The van der Waals surface area contributed by atoms with E-state index in [2.05, 4.69) is 39.2 Å². The summed E-state index contributed by atoms with van der Waals surface area (Å²) in [6.07, 6.45) is 0. The Morgan fingerprint density at radius 1 is 1.15 bits per heavy atom. The molecule has 0 aliphatic heterocycles. The molecule has 2 aromatic carbocycles. The number of benzene rings is 2. The van der Waals surface area contributed by atoms with Crippen LogP contribution < -0.4 is 11.1 Å². The zero-order chi connectivity index (χ0) is 14.3. The molecule has 0 fully saturated rings. The van der Waals surface area contributed by atoms with Crippen LogP contribution in [-0.2, 0) is 0 Å². The lowest BCUT2D eigenvalue weighted by atomic mass is 10.2. The molecule has 3 rings (SSSR count). The molecule has 0 unspecified atom stereocenters. The maximum Gasteiger partial charge on any atom is 0.0907 e. The van der Waals surface area contributed by atoms with Crippen LogP contribution in [0.1, 0.15) is 10.6 Å². The Bertz CT molecular complexity index is 795. The molecular weight excluding hydrogens is 334 g/mol.